The number of aromatic nitrogens is 1. The van der Waals surface area contributed by atoms with E-state index in [0.29, 0.717) is 6.04 Å². The van der Waals surface area contributed by atoms with Crippen LogP contribution >= 0.6 is 15.9 Å². The van der Waals surface area contributed by atoms with Crippen molar-refractivity contribution in [2.45, 2.75) is 33.4 Å². The Hall–Kier alpha value is -1.31. The predicted octanol–water partition coefficient (Wildman–Crippen LogP) is 3.62. The fraction of sp³-hybridized carbons (Fsp3) is 0.400. The molecule has 2 rings (SSSR count). The first-order valence-corrected chi connectivity index (χ1v) is 7.16. The number of aryl methyl sites for hydroxylation is 2. The van der Waals surface area contributed by atoms with E-state index in [1.54, 1.807) is 0 Å². The van der Waals surface area contributed by atoms with E-state index in [1.165, 1.54) is 10.9 Å². The van der Waals surface area contributed by atoms with Crippen molar-refractivity contribution in [3.8, 4) is 6.07 Å². The fourth-order valence-electron chi connectivity index (χ4n) is 2.43. The predicted molar refractivity (Wildman–Crippen MR) is 82.0 cm³/mol. The van der Waals surface area contributed by atoms with E-state index in [2.05, 4.69) is 54.2 Å². The molecule has 0 saturated heterocycles. The molecule has 100 valence electrons. The Balaban J connectivity index is 2.73. The highest BCUT2D eigenvalue weighted by Gasteiger charge is 2.18. The van der Waals surface area contributed by atoms with Crippen LogP contribution in [0.25, 0.3) is 10.9 Å². The van der Waals surface area contributed by atoms with Gasteiger partial charge in [0.1, 0.15) is 11.8 Å². The minimum absolute atomic E-state index is 0.397. The van der Waals surface area contributed by atoms with E-state index < -0.39 is 0 Å². The summed E-state index contributed by atoms with van der Waals surface area (Å²) in [6, 6.07) is 6.86. The molecule has 0 saturated carbocycles. The summed E-state index contributed by atoms with van der Waals surface area (Å²) < 4.78 is 3.01. The number of hydrogen-bond donors (Lipinski definition) is 1. The van der Waals surface area contributed by atoms with Crippen LogP contribution in [0.4, 0.5) is 0 Å². The fourth-order valence-corrected chi connectivity index (χ4v) is 3.03. The third-order valence-corrected chi connectivity index (χ3v) is 4.03. The highest BCUT2D eigenvalue weighted by atomic mass is 79.9. The smallest absolute Gasteiger partial charge is 0.125 e. The van der Waals surface area contributed by atoms with Gasteiger partial charge in [-0.05, 0) is 34.5 Å². The SMILES string of the molecule is Cc1ccc(Br)c2c1c(CNC(C)C)c(C#N)n2C. The maximum Gasteiger partial charge on any atom is 0.125 e. The highest BCUT2D eigenvalue weighted by Crippen LogP contribution is 2.33. The molecule has 1 N–H and O–H groups in total. The van der Waals surface area contributed by atoms with Gasteiger partial charge in [-0.3, -0.25) is 0 Å². The summed E-state index contributed by atoms with van der Waals surface area (Å²) in [4.78, 5) is 0. The van der Waals surface area contributed by atoms with Gasteiger partial charge in [0.15, 0.2) is 0 Å². The van der Waals surface area contributed by atoms with E-state index in [9.17, 15) is 5.26 Å². The second-order valence-corrected chi connectivity index (χ2v) is 5.98. The van der Waals surface area contributed by atoms with Gasteiger partial charge in [0, 0.05) is 35.1 Å². The van der Waals surface area contributed by atoms with Crippen LogP contribution in [0, 0.1) is 18.3 Å². The molecule has 1 heterocycles. The third-order valence-electron chi connectivity index (χ3n) is 3.39. The van der Waals surface area contributed by atoms with Crippen molar-refractivity contribution in [3.05, 3.63) is 33.4 Å². The molecule has 0 aliphatic heterocycles. The molecule has 19 heavy (non-hydrogen) atoms. The summed E-state index contributed by atoms with van der Waals surface area (Å²) in [5, 5.41) is 14.0. The van der Waals surface area contributed by atoms with Crippen molar-refractivity contribution < 1.29 is 0 Å². The molecular formula is C15H18BrN3. The Morgan fingerprint density at radius 1 is 1.42 bits per heavy atom. The average molecular weight is 320 g/mol. The first-order valence-electron chi connectivity index (χ1n) is 6.37. The van der Waals surface area contributed by atoms with E-state index in [1.807, 2.05) is 17.7 Å². The summed E-state index contributed by atoms with van der Waals surface area (Å²) in [6.07, 6.45) is 0. The van der Waals surface area contributed by atoms with E-state index >= 15 is 0 Å². The first-order chi connectivity index (χ1) is 8.97. The molecule has 0 amide bonds. The molecule has 2 aromatic rings. The normalized spacial score (nSPS) is 11.2. The molecule has 0 spiro atoms. The molecule has 0 aliphatic rings. The van der Waals surface area contributed by atoms with Crippen LogP contribution in [0.15, 0.2) is 16.6 Å². The van der Waals surface area contributed by atoms with Gasteiger partial charge in [-0.15, -0.1) is 0 Å². The van der Waals surface area contributed by atoms with Gasteiger partial charge >= 0.3 is 0 Å². The third kappa shape index (κ3) is 2.41. The monoisotopic (exact) mass is 319 g/mol. The molecule has 0 aliphatic carbocycles. The van der Waals surface area contributed by atoms with Gasteiger partial charge in [-0.1, -0.05) is 19.9 Å². The lowest BCUT2D eigenvalue weighted by atomic mass is 10.1. The van der Waals surface area contributed by atoms with Crippen molar-refractivity contribution in [2.75, 3.05) is 0 Å². The number of rotatable bonds is 3. The van der Waals surface area contributed by atoms with Gasteiger partial charge in [0.2, 0.25) is 0 Å². The summed E-state index contributed by atoms with van der Waals surface area (Å²) in [5.74, 6) is 0. The van der Waals surface area contributed by atoms with Gasteiger partial charge in [0.25, 0.3) is 0 Å². The van der Waals surface area contributed by atoms with Crippen molar-refractivity contribution >= 4 is 26.8 Å². The Kier molecular flexibility index (Phi) is 3.98. The van der Waals surface area contributed by atoms with Crippen molar-refractivity contribution in [2.24, 2.45) is 7.05 Å². The zero-order valence-corrected chi connectivity index (χ0v) is 13.3. The van der Waals surface area contributed by atoms with Crippen molar-refractivity contribution in [3.63, 3.8) is 0 Å². The highest BCUT2D eigenvalue weighted by molar-refractivity contribution is 9.10. The van der Waals surface area contributed by atoms with Gasteiger partial charge < -0.3 is 9.88 Å². The lowest BCUT2D eigenvalue weighted by Gasteiger charge is -2.08. The van der Waals surface area contributed by atoms with Crippen LogP contribution in [-0.4, -0.2) is 10.6 Å². The first kappa shape index (κ1) is 14.1. The molecule has 0 bridgehead atoms. The zero-order valence-electron chi connectivity index (χ0n) is 11.7. The minimum Gasteiger partial charge on any atom is -0.334 e. The van der Waals surface area contributed by atoms with Gasteiger partial charge in [-0.2, -0.15) is 5.26 Å². The summed E-state index contributed by atoms with van der Waals surface area (Å²) in [5.41, 5.74) is 4.12. The number of nitrogens with one attached hydrogen (secondary N) is 1. The molecule has 3 nitrogen and oxygen atoms in total. The van der Waals surface area contributed by atoms with E-state index in [0.717, 1.165) is 27.8 Å². The lowest BCUT2D eigenvalue weighted by Crippen LogP contribution is -2.22. The molecule has 0 unspecified atom stereocenters. The summed E-state index contributed by atoms with van der Waals surface area (Å²) in [6.45, 7) is 7.03. The second-order valence-electron chi connectivity index (χ2n) is 5.12. The van der Waals surface area contributed by atoms with Crippen molar-refractivity contribution in [1.82, 2.24) is 9.88 Å². The van der Waals surface area contributed by atoms with Crippen LogP contribution in [0.2, 0.25) is 0 Å². The molecule has 1 aromatic carbocycles. The number of halogens is 1. The van der Waals surface area contributed by atoms with E-state index in [4.69, 9.17) is 0 Å². The number of nitriles is 1. The number of fused-ring (bicyclic) bond motifs is 1. The Morgan fingerprint density at radius 2 is 2.11 bits per heavy atom. The van der Waals surface area contributed by atoms with Crippen LogP contribution in [0.3, 0.4) is 0 Å². The minimum atomic E-state index is 0.397. The summed E-state index contributed by atoms with van der Waals surface area (Å²) in [7, 11) is 1.95. The number of benzene rings is 1. The van der Waals surface area contributed by atoms with Crippen molar-refractivity contribution in [1.29, 1.82) is 5.26 Å². The maximum atomic E-state index is 9.43. The molecule has 0 radical (unpaired) electrons. The molecule has 4 heteroatoms. The standard InChI is InChI=1S/C15H18BrN3/c1-9(2)18-8-11-13(7-17)19(4)15-12(16)6-5-10(3)14(11)15/h5-6,9,18H,8H2,1-4H3. The summed E-state index contributed by atoms with van der Waals surface area (Å²) >= 11 is 3.59. The quantitative estimate of drug-likeness (QED) is 0.938. The number of nitrogens with zero attached hydrogens (tertiary/aromatic N) is 2. The second kappa shape index (κ2) is 5.36. The Labute approximate surface area is 122 Å². The van der Waals surface area contributed by atoms with Crippen LogP contribution in [0.1, 0.15) is 30.7 Å². The lowest BCUT2D eigenvalue weighted by molar-refractivity contribution is 0.589. The largest absolute Gasteiger partial charge is 0.334 e. The zero-order chi connectivity index (χ0) is 14.2. The maximum absolute atomic E-state index is 9.43. The number of hydrogen-bond acceptors (Lipinski definition) is 2. The van der Waals surface area contributed by atoms with Gasteiger partial charge in [-0.25, -0.2) is 0 Å². The Morgan fingerprint density at radius 3 is 2.68 bits per heavy atom. The molecule has 1 aromatic heterocycles. The van der Waals surface area contributed by atoms with Crippen LogP contribution < -0.4 is 5.32 Å². The van der Waals surface area contributed by atoms with Crippen LogP contribution in [-0.2, 0) is 13.6 Å². The Bertz CT molecular complexity index is 662. The van der Waals surface area contributed by atoms with Crippen LogP contribution in [0.5, 0.6) is 0 Å². The molecule has 0 atom stereocenters. The molecular weight excluding hydrogens is 302 g/mol. The topological polar surface area (TPSA) is 40.8 Å². The molecule has 0 fully saturated rings. The van der Waals surface area contributed by atoms with Gasteiger partial charge in [0.05, 0.1) is 5.52 Å². The van der Waals surface area contributed by atoms with E-state index in [-0.39, 0.29) is 0 Å². The average Bonchev–Trinajstić information content (AvgIpc) is 2.65.